The zero-order valence-electron chi connectivity index (χ0n) is 10.6. The van der Waals surface area contributed by atoms with Crippen molar-refractivity contribution in [3.8, 4) is 5.88 Å². The van der Waals surface area contributed by atoms with Crippen LogP contribution in [0.15, 0.2) is 14.7 Å². The first kappa shape index (κ1) is 13.3. The summed E-state index contributed by atoms with van der Waals surface area (Å²) < 4.78 is 5.21. The molecule has 0 atom stereocenters. The summed E-state index contributed by atoms with van der Waals surface area (Å²) in [5.74, 6) is -0.456. The van der Waals surface area contributed by atoms with Crippen molar-refractivity contribution in [1.82, 2.24) is 15.0 Å². The molecule has 0 unspecified atom stereocenters. The first-order valence-electron chi connectivity index (χ1n) is 6.08. The third kappa shape index (κ3) is 3.02. The number of nitrogens with one attached hydrogen (secondary N) is 2. The molecule has 8 nitrogen and oxygen atoms in total. The van der Waals surface area contributed by atoms with E-state index in [9.17, 15) is 14.7 Å². The van der Waals surface area contributed by atoms with Crippen molar-refractivity contribution in [2.45, 2.75) is 13.3 Å². The van der Waals surface area contributed by atoms with Gasteiger partial charge in [0.25, 0.3) is 5.56 Å². The van der Waals surface area contributed by atoms with E-state index in [1.165, 1.54) is 0 Å². The van der Waals surface area contributed by atoms with Gasteiger partial charge in [0, 0.05) is 0 Å². The molecule has 2 heterocycles. The van der Waals surface area contributed by atoms with E-state index in [2.05, 4.69) is 15.1 Å². The number of aromatic amines is 2. The summed E-state index contributed by atoms with van der Waals surface area (Å²) in [4.78, 5) is 27.0. The third-order valence-corrected chi connectivity index (χ3v) is 2.80. The van der Waals surface area contributed by atoms with Crippen LogP contribution in [-0.2, 0) is 4.74 Å². The topological polar surface area (TPSA) is 111 Å². The van der Waals surface area contributed by atoms with E-state index in [4.69, 9.17) is 4.74 Å². The molecule has 1 aliphatic heterocycles. The number of hydrazone groups is 1. The van der Waals surface area contributed by atoms with Gasteiger partial charge in [-0.15, -0.1) is 0 Å². The minimum absolute atomic E-state index is 0.00796. The number of nitrogens with zero attached hydrogens (tertiary/aromatic N) is 2. The van der Waals surface area contributed by atoms with Crippen LogP contribution >= 0.6 is 0 Å². The zero-order valence-corrected chi connectivity index (χ0v) is 10.6. The molecule has 0 aromatic carbocycles. The number of rotatable bonds is 3. The fourth-order valence-electron chi connectivity index (χ4n) is 1.86. The maximum Gasteiger partial charge on any atom is 0.328 e. The lowest BCUT2D eigenvalue weighted by molar-refractivity contribution is 0.0393. The summed E-state index contributed by atoms with van der Waals surface area (Å²) in [5.41, 5.74) is -0.950. The van der Waals surface area contributed by atoms with Crippen molar-refractivity contribution in [2.24, 2.45) is 5.10 Å². The SMILES string of the molecule is CCC(=NN1CCOCC1)c1c(O)[nH]c(=O)[nH]c1=O. The number of aromatic hydroxyl groups is 1. The number of morpholine rings is 1. The summed E-state index contributed by atoms with van der Waals surface area (Å²) in [6.07, 6.45) is 0.458. The van der Waals surface area contributed by atoms with Gasteiger partial charge >= 0.3 is 5.69 Å². The Kier molecular flexibility index (Phi) is 4.00. The number of ether oxygens (including phenoxy) is 1. The van der Waals surface area contributed by atoms with Gasteiger partial charge in [0.2, 0.25) is 5.88 Å². The molecule has 2 rings (SSSR count). The van der Waals surface area contributed by atoms with Crippen LogP contribution in [0.3, 0.4) is 0 Å². The molecule has 1 aromatic rings. The monoisotopic (exact) mass is 268 g/mol. The molecule has 0 bridgehead atoms. The second-order valence-electron chi connectivity index (χ2n) is 4.10. The molecule has 8 heteroatoms. The van der Waals surface area contributed by atoms with E-state index in [1.807, 2.05) is 6.92 Å². The molecule has 1 fully saturated rings. The Morgan fingerprint density at radius 2 is 2.05 bits per heavy atom. The Balaban J connectivity index is 2.39. The molecule has 1 aliphatic rings. The lowest BCUT2D eigenvalue weighted by atomic mass is 10.1. The van der Waals surface area contributed by atoms with Gasteiger partial charge in [0.15, 0.2) is 0 Å². The predicted molar refractivity (Wildman–Crippen MR) is 68.6 cm³/mol. The van der Waals surface area contributed by atoms with Crippen LogP contribution < -0.4 is 11.2 Å². The minimum Gasteiger partial charge on any atom is -0.494 e. The van der Waals surface area contributed by atoms with Gasteiger partial charge in [-0.05, 0) is 6.42 Å². The number of aromatic nitrogens is 2. The average Bonchev–Trinajstić information content (AvgIpc) is 2.37. The Morgan fingerprint density at radius 3 is 2.63 bits per heavy atom. The molecular weight excluding hydrogens is 252 g/mol. The van der Waals surface area contributed by atoms with Crippen LogP contribution in [-0.4, -0.2) is 52.1 Å². The van der Waals surface area contributed by atoms with Gasteiger partial charge in [-0.3, -0.25) is 19.8 Å². The highest BCUT2D eigenvalue weighted by Gasteiger charge is 2.16. The molecule has 3 N–H and O–H groups in total. The van der Waals surface area contributed by atoms with Crippen molar-refractivity contribution in [1.29, 1.82) is 0 Å². The standard InChI is InChI=1S/C11H16N4O4/c1-2-7(14-15-3-5-19-6-4-15)8-9(16)12-11(18)13-10(8)17/h2-6H2,1H3,(H3,12,13,16,17,18). The van der Waals surface area contributed by atoms with Crippen molar-refractivity contribution in [2.75, 3.05) is 26.3 Å². The molecule has 0 saturated carbocycles. The number of H-pyrrole nitrogens is 2. The molecule has 0 spiro atoms. The van der Waals surface area contributed by atoms with E-state index >= 15 is 0 Å². The summed E-state index contributed by atoms with van der Waals surface area (Å²) >= 11 is 0. The van der Waals surface area contributed by atoms with Gasteiger partial charge in [-0.1, -0.05) is 6.92 Å². The summed E-state index contributed by atoms with van der Waals surface area (Å²) in [5, 5.41) is 15.8. The van der Waals surface area contributed by atoms with Gasteiger partial charge in [0.1, 0.15) is 5.56 Å². The Morgan fingerprint density at radius 1 is 1.37 bits per heavy atom. The van der Waals surface area contributed by atoms with Crippen LogP contribution in [0.2, 0.25) is 0 Å². The van der Waals surface area contributed by atoms with Crippen LogP contribution in [0.4, 0.5) is 0 Å². The summed E-state index contributed by atoms with van der Waals surface area (Å²) in [7, 11) is 0. The quantitative estimate of drug-likeness (QED) is 0.622. The lowest BCUT2D eigenvalue weighted by Gasteiger charge is -2.24. The third-order valence-electron chi connectivity index (χ3n) is 2.80. The fourth-order valence-corrected chi connectivity index (χ4v) is 1.86. The second kappa shape index (κ2) is 5.70. The van der Waals surface area contributed by atoms with E-state index in [0.717, 1.165) is 0 Å². The fraction of sp³-hybridized carbons (Fsp3) is 0.545. The highest BCUT2D eigenvalue weighted by Crippen LogP contribution is 2.11. The smallest absolute Gasteiger partial charge is 0.328 e. The zero-order chi connectivity index (χ0) is 13.8. The normalized spacial score (nSPS) is 16.7. The highest BCUT2D eigenvalue weighted by molar-refractivity contribution is 6.01. The van der Waals surface area contributed by atoms with Crippen molar-refractivity contribution >= 4 is 5.71 Å². The molecule has 1 aromatic heterocycles. The average molecular weight is 268 g/mol. The van der Waals surface area contributed by atoms with Gasteiger partial charge < -0.3 is 9.84 Å². The molecule has 0 radical (unpaired) electrons. The number of hydrogen-bond donors (Lipinski definition) is 3. The van der Waals surface area contributed by atoms with Crippen LogP contribution in [0.25, 0.3) is 0 Å². The first-order valence-corrected chi connectivity index (χ1v) is 6.08. The van der Waals surface area contributed by atoms with E-state index in [0.29, 0.717) is 38.4 Å². The maximum absolute atomic E-state index is 11.7. The molecule has 0 aliphatic carbocycles. The Hall–Kier alpha value is -2.09. The number of hydrogen-bond acceptors (Lipinski definition) is 6. The predicted octanol–water partition coefficient (Wildman–Crippen LogP) is -0.785. The molecule has 0 amide bonds. The highest BCUT2D eigenvalue weighted by atomic mass is 16.5. The largest absolute Gasteiger partial charge is 0.494 e. The molecule has 104 valence electrons. The van der Waals surface area contributed by atoms with Gasteiger partial charge in [-0.25, -0.2) is 4.79 Å². The summed E-state index contributed by atoms with van der Waals surface area (Å²) in [6.45, 7) is 4.24. The first-order chi connectivity index (χ1) is 9.11. The molecular formula is C11H16N4O4. The molecule has 19 heavy (non-hydrogen) atoms. The second-order valence-corrected chi connectivity index (χ2v) is 4.10. The van der Waals surface area contributed by atoms with E-state index in [1.54, 1.807) is 5.01 Å². The van der Waals surface area contributed by atoms with E-state index in [-0.39, 0.29) is 5.56 Å². The van der Waals surface area contributed by atoms with Crippen LogP contribution in [0.1, 0.15) is 18.9 Å². The van der Waals surface area contributed by atoms with Crippen molar-refractivity contribution < 1.29 is 9.84 Å². The maximum atomic E-state index is 11.7. The Bertz CT molecular complexity index is 583. The Labute approximate surface area is 108 Å². The van der Waals surface area contributed by atoms with Crippen LogP contribution in [0.5, 0.6) is 5.88 Å². The van der Waals surface area contributed by atoms with Gasteiger partial charge in [0.05, 0.1) is 32.0 Å². The van der Waals surface area contributed by atoms with Crippen LogP contribution in [0, 0.1) is 0 Å². The minimum atomic E-state index is -0.743. The lowest BCUT2D eigenvalue weighted by Crippen LogP contribution is -2.34. The molecule has 1 saturated heterocycles. The summed E-state index contributed by atoms with van der Waals surface area (Å²) in [6, 6.07) is 0. The van der Waals surface area contributed by atoms with Crippen molar-refractivity contribution in [3.63, 3.8) is 0 Å². The van der Waals surface area contributed by atoms with Crippen molar-refractivity contribution in [3.05, 3.63) is 26.4 Å². The van der Waals surface area contributed by atoms with E-state index < -0.39 is 17.1 Å². The van der Waals surface area contributed by atoms with Gasteiger partial charge in [-0.2, -0.15) is 5.10 Å².